The zero-order valence-corrected chi connectivity index (χ0v) is 28.3. The molecule has 0 aromatic heterocycles. The van der Waals surface area contributed by atoms with Crippen LogP contribution >= 0.6 is 15.9 Å². The van der Waals surface area contributed by atoms with Gasteiger partial charge in [-0.15, -0.1) is 0 Å². The van der Waals surface area contributed by atoms with Gasteiger partial charge in [-0.2, -0.15) is 0 Å². The summed E-state index contributed by atoms with van der Waals surface area (Å²) in [4.78, 5) is 21.1. The minimum absolute atomic E-state index is 0.146. The molecule has 10 nitrogen and oxygen atoms in total. The predicted octanol–water partition coefficient (Wildman–Crippen LogP) is 3.78. The van der Waals surface area contributed by atoms with Gasteiger partial charge in [0.1, 0.15) is 16.8 Å². The zero-order chi connectivity index (χ0) is 32.6. The van der Waals surface area contributed by atoms with Crippen molar-refractivity contribution < 1.29 is 47.5 Å². The van der Waals surface area contributed by atoms with E-state index in [0.29, 0.717) is 11.2 Å². The Kier molecular flexibility index (Phi) is 12.7. The molecule has 2 heterocycles. The molecule has 236 valence electrons. The maximum Gasteiger partial charge on any atom is 0.498 e. The van der Waals surface area contributed by atoms with Crippen LogP contribution < -0.4 is 15.7 Å². The van der Waals surface area contributed by atoms with Crippen LogP contribution in [0.15, 0.2) is 48.5 Å². The molecule has 2 aliphatic rings. The van der Waals surface area contributed by atoms with Gasteiger partial charge < -0.3 is 37.9 Å². The molecule has 0 radical (unpaired) electrons. The molecule has 2 fully saturated rings. The lowest BCUT2D eigenvalue weighted by Crippen LogP contribution is -2.41. The number of methoxy groups -OCH3 is 2. The molecule has 2 aromatic rings. The van der Waals surface area contributed by atoms with Gasteiger partial charge in [0, 0.05) is 10.9 Å². The fourth-order valence-electron chi connectivity index (χ4n) is 3.68. The Labute approximate surface area is 264 Å². The molecule has 4 rings (SSSR count). The molecule has 1 N–H and O–H groups in total. The maximum absolute atomic E-state index is 11.2. The van der Waals surface area contributed by atoms with Gasteiger partial charge in [-0.05, 0) is 67.5 Å². The first-order valence-electron chi connectivity index (χ1n) is 13.8. The van der Waals surface area contributed by atoms with Crippen molar-refractivity contribution in [3.05, 3.63) is 48.5 Å². The molecule has 13 heteroatoms. The van der Waals surface area contributed by atoms with E-state index in [1.54, 1.807) is 18.2 Å². The number of hydrogen-bond acceptors (Lipinski definition) is 10. The van der Waals surface area contributed by atoms with Crippen molar-refractivity contribution in [1.29, 1.82) is 0 Å². The second-order valence-electron chi connectivity index (χ2n) is 11.8. The van der Waals surface area contributed by atoms with E-state index in [2.05, 4.69) is 25.4 Å². The van der Waals surface area contributed by atoms with Crippen LogP contribution in [-0.4, -0.2) is 79.8 Å². The Hall–Kier alpha value is -2.57. The topological polar surface area (TPSA) is 119 Å². The number of ether oxygens (including phenoxy) is 3. The highest BCUT2D eigenvalue weighted by Gasteiger charge is 2.53. The first-order chi connectivity index (χ1) is 19.9. The number of carbonyl (C=O) groups is 2. The van der Waals surface area contributed by atoms with Crippen LogP contribution in [0.3, 0.4) is 0 Å². The normalized spacial score (nSPS) is 18.9. The number of phenolic OH excluding ortho intramolecular Hbond substituents is 1. The molecule has 0 atom stereocenters. The summed E-state index contributed by atoms with van der Waals surface area (Å²) in [6, 6.07) is 14.5. The fourth-order valence-corrected chi connectivity index (χ4v) is 3.91. The van der Waals surface area contributed by atoms with E-state index < -0.39 is 31.4 Å². The largest absolute Gasteiger partial charge is 0.508 e. The van der Waals surface area contributed by atoms with Gasteiger partial charge in [0.15, 0.2) is 6.61 Å². The zero-order valence-electron chi connectivity index (χ0n) is 26.7. The van der Waals surface area contributed by atoms with E-state index in [-0.39, 0.29) is 34.9 Å². The van der Waals surface area contributed by atoms with E-state index in [1.807, 2.05) is 85.7 Å². The number of halogens is 1. The Morgan fingerprint density at radius 1 is 0.698 bits per heavy atom. The summed E-state index contributed by atoms with van der Waals surface area (Å²) in [7, 11) is 1.66. The SMILES string of the molecule is CC1(C)OB(c2ccccc2O)OC1(C)C.COC(=O)CBr.COC(=O)COc1ccccc1B1OC(C)(C)C(C)(C)O1. The first-order valence-corrected chi connectivity index (χ1v) is 14.9. The number of alkyl halides is 1. The highest BCUT2D eigenvalue weighted by Crippen LogP contribution is 2.38. The van der Waals surface area contributed by atoms with Crippen molar-refractivity contribution in [2.24, 2.45) is 0 Å². The molecule has 0 saturated carbocycles. The van der Waals surface area contributed by atoms with Crippen molar-refractivity contribution >= 4 is 53.0 Å². The number of rotatable bonds is 6. The third kappa shape index (κ3) is 9.46. The highest BCUT2D eigenvalue weighted by atomic mass is 79.9. The molecule has 2 saturated heterocycles. The third-order valence-corrected chi connectivity index (χ3v) is 8.24. The molecule has 0 amide bonds. The standard InChI is InChI=1S/C15H21BO5.C12H17BO3.C3H5BrO2/c1-14(2)15(3,4)21-16(20-14)11-8-6-7-9-12(11)19-10-13(17)18-5;1-11(2)12(3,4)16-13(15-11)9-7-5-6-8-10(9)14;1-6-3(5)2-4/h6-9H,10H2,1-5H3;5-8,14H,1-4H3;2H2,1H3. The molecule has 0 bridgehead atoms. The van der Waals surface area contributed by atoms with Gasteiger partial charge in [-0.3, -0.25) is 4.79 Å². The molecule has 2 aliphatic heterocycles. The lowest BCUT2D eigenvalue weighted by atomic mass is 9.78. The second-order valence-corrected chi connectivity index (χ2v) is 12.4. The molecular weight excluding hydrogens is 622 g/mol. The summed E-state index contributed by atoms with van der Waals surface area (Å²) < 4.78 is 38.0. The fraction of sp³-hybridized carbons (Fsp3) is 0.533. The lowest BCUT2D eigenvalue weighted by molar-refractivity contribution is -0.143. The molecule has 0 spiro atoms. The Morgan fingerprint density at radius 2 is 1.09 bits per heavy atom. The van der Waals surface area contributed by atoms with Crippen LogP contribution in [-0.2, 0) is 37.7 Å². The van der Waals surface area contributed by atoms with Gasteiger partial charge in [-0.1, -0.05) is 52.3 Å². The lowest BCUT2D eigenvalue weighted by Gasteiger charge is -2.32. The summed E-state index contributed by atoms with van der Waals surface area (Å²) in [5.74, 6) is 0.0936. The summed E-state index contributed by atoms with van der Waals surface area (Å²) >= 11 is 2.90. The van der Waals surface area contributed by atoms with Crippen LogP contribution in [0.25, 0.3) is 0 Å². The summed E-state index contributed by atoms with van der Waals surface area (Å²) in [5.41, 5.74) is -0.152. The van der Waals surface area contributed by atoms with E-state index in [0.717, 1.165) is 5.46 Å². The van der Waals surface area contributed by atoms with Gasteiger partial charge in [0.05, 0.1) is 36.6 Å². The van der Waals surface area contributed by atoms with Crippen LogP contribution in [0.5, 0.6) is 11.5 Å². The smallest absolute Gasteiger partial charge is 0.498 e. The average Bonchev–Trinajstić information content (AvgIpc) is 3.31. The molecule has 0 aliphatic carbocycles. The van der Waals surface area contributed by atoms with Gasteiger partial charge in [0.25, 0.3) is 0 Å². The number of carbonyl (C=O) groups excluding carboxylic acids is 2. The second kappa shape index (κ2) is 14.9. The van der Waals surface area contributed by atoms with Gasteiger partial charge in [0.2, 0.25) is 0 Å². The van der Waals surface area contributed by atoms with Crippen molar-refractivity contribution in [2.45, 2.75) is 77.8 Å². The van der Waals surface area contributed by atoms with E-state index >= 15 is 0 Å². The van der Waals surface area contributed by atoms with E-state index in [9.17, 15) is 14.7 Å². The minimum atomic E-state index is -0.524. The Morgan fingerprint density at radius 3 is 1.49 bits per heavy atom. The van der Waals surface area contributed by atoms with Crippen molar-refractivity contribution in [3.8, 4) is 11.5 Å². The van der Waals surface area contributed by atoms with Crippen LogP contribution in [0.2, 0.25) is 0 Å². The maximum atomic E-state index is 11.2. The van der Waals surface area contributed by atoms with Gasteiger partial charge >= 0.3 is 26.2 Å². The summed E-state index contributed by atoms with van der Waals surface area (Å²) in [5, 5.41) is 10.0. The molecule has 2 aromatic carbocycles. The van der Waals surface area contributed by atoms with Crippen molar-refractivity contribution in [3.63, 3.8) is 0 Å². The monoisotopic (exact) mass is 664 g/mol. The predicted molar refractivity (Wildman–Crippen MR) is 169 cm³/mol. The van der Waals surface area contributed by atoms with Crippen molar-refractivity contribution in [1.82, 2.24) is 0 Å². The van der Waals surface area contributed by atoms with Crippen molar-refractivity contribution in [2.75, 3.05) is 26.2 Å². The highest BCUT2D eigenvalue weighted by molar-refractivity contribution is 9.09. The van der Waals surface area contributed by atoms with Gasteiger partial charge in [-0.25, -0.2) is 4.79 Å². The molecule has 0 unspecified atom stereocenters. The van der Waals surface area contributed by atoms with Crippen LogP contribution in [0.4, 0.5) is 0 Å². The Bertz CT molecular complexity index is 1200. The molecular formula is C30H43B2BrO10. The Balaban J connectivity index is 0.000000259. The number of benzene rings is 2. The van der Waals surface area contributed by atoms with E-state index in [4.69, 9.17) is 23.4 Å². The number of phenols is 1. The third-order valence-electron chi connectivity index (χ3n) is 7.78. The first kappa shape index (κ1) is 36.6. The quantitative estimate of drug-likeness (QED) is 0.278. The number of para-hydroxylation sites is 2. The van der Waals surface area contributed by atoms with Crippen LogP contribution in [0.1, 0.15) is 55.4 Å². The van der Waals surface area contributed by atoms with E-state index in [1.165, 1.54) is 14.2 Å². The number of hydrogen-bond donors (Lipinski definition) is 1. The molecule has 43 heavy (non-hydrogen) atoms. The summed E-state index contributed by atoms with van der Waals surface area (Å²) in [6.07, 6.45) is 0. The average molecular weight is 665 g/mol. The van der Waals surface area contributed by atoms with Crippen LogP contribution in [0, 0.1) is 0 Å². The number of esters is 2. The minimum Gasteiger partial charge on any atom is -0.508 e. The number of aromatic hydroxyl groups is 1. The summed E-state index contributed by atoms with van der Waals surface area (Å²) in [6.45, 7) is 15.8.